The van der Waals surface area contributed by atoms with Gasteiger partial charge in [-0.3, -0.25) is 39.1 Å². The number of ether oxygens (including phenoxy) is 3. The summed E-state index contributed by atoms with van der Waals surface area (Å²) in [5, 5.41) is 4.18. The highest BCUT2D eigenvalue weighted by atomic mass is 32.2. The second-order valence-corrected chi connectivity index (χ2v) is 17.0. The predicted octanol–water partition coefficient (Wildman–Crippen LogP) is 1.13. The third-order valence-corrected chi connectivity index (χ3v) is 13.1. The number of likely N-dealkylation sites (tertiary alicyclic amines) is 1. The fourth-order valence-electron chi connectivity index (χ4n) is 8.09. The van der Waals surface area contributed by atoms with Gasteiger partial charge >= 0.3 is 6.03 Å². The molecule has 3 N–H and O–H groups in total. The van der Waals surface area contributed by atoms with Gasteiger partial charge in [-0.15, -0.1) is 0 Å². The molecule has 0 spiro atoms. The molecule has 19 heteroatoms. The highest BCUT2D eigenvalue weighted by molar-refractivity contribution is 7.90. The first-order chi connectivity index (χ1) is 28.3. The summed E-state index contributed by atoms with van der Waals surface area (Å²) in [7, 11) is 2.73. The Balaban J connectivity index is 0.916. The second-order valence-electron chi connectivity index (χ2n) is 14.9. The number of imide groups is 2. The Bertz CT molecular complexity index is 2370. The molecule has 6 amide bonds. The van der Waals surface area contributed by atoms with Gasteiger partial charge in [-0.1, -0.05) is 6.07 Å². The van der Waals surface area contributed by atoms with Gasteiger partial charge in [-0.05, 0) is 61.1 Å². The van der Waals surface area contributed by atoms with Crippen molar-refractivity contribution >= 4 is 39.7 Å². The van der Waals surface area contributed by atoms with E-state index >= 15 is 0 Å². The fraction of sp³-hybridized carbons (Fsp3) is 0.450. The Labute approximate surface area is 340 Å². The van der Waals surface area contributed by atoms with Crippen LogP contribution in [0, 0.1) is 0 Å². The highest BCUT2D eigenvalue weighted by Crippen LogP contribution is 2.39. The molecule has 0 radical (unpaired) electrons. The quantitative estimate of drug-likeness (QED) is 0.154. The van der Waals surface area contributed by atoms with Crippen LogP contribution in [0.1, 0.15) is 63.1 Å². The van der Waals surface area contributed by atoms with Gasteiger partial charge in [0, 0.05) is 70.6 Å². The normalized spacial score (nSPS) is 18.3. The Morgan fingerprint density at radius 1 is 0.932 bits per heavy atom. The molecule has 0 aliphatic carbocycles. The molecule has 2 fully saturated rings. The van der Waals surface area contributed by atoms with Crippen LogP contribution >= 0.6 is 0 Å². The summed E-state index contributed by atoms with van der Waals surface area (Å²) in [4.78, 5) is 80.3. The molecule has 5 heterocycles. The number of unbranched alkanes of at least 4 members (excludes halogenated alkanes) is 1. The van der Waals surface area contributed by atoms with E-state index in [1.165, 1.54) is 10.6 Å². The number of urea groups is 1. The molecule has 1 aromatic heterocycles. The number of benzene rings is 2. The molecular formula is C40H47N7O11S. The van der Waals surface area contributed by atoms with Crippen molar-refractivity contribution in [3.63, 3.8) is 0 Å². The Morgan fingerprint density at radius 2 is 1.66 bits per heavy atom. The van der Waals surface area contributed by atoms with Crippen LogP contribution in [0.4, 0.5) is 4.79 Å². The Morgan fingerprint density at radius 3 is 2.34 bits per heavy atom. The number of piperidine rings is 1. The number of amides is 6. The zero-order valence-corrected chi connectivity index (χ0v) is 34.1. The molecule has 4 aliphatic rings. The van der Waals surface area contributed by atoms with E-state index < -0.39 is 44.9 Å². The van der Waals surface area contributed by atoms with Crippen molar-refractivity contribution in [1.82, 2.24) is 34.6 Å². The van der Waals surface area contributed by atoms with Gasteiger partial charge in [0.25, 0.3) is 17.4 Å². The van der Waals surface area contributed by atoms with Crippen LogP contribution in [0.5, 0.6) is 17.2 Å². The molecule has 1 unspecified atom stereocenters. The lowest BCUT2D eigenvalue weighted by Gasteiger charge is -2.39. The van der Waals surface area contributed by atoms with Crippen molar-refractivity contribution in [2.75, 3.05) is 54.1 Å². The zero-order chi connectivity index (χ0) is 42.2. The van der Waals surface area contributed by atoms with Crippen LogP contribution in [0.25, 0.3) is 11.1 Å². The zero-order valence-electron chi connectivity index (χ0n) is 33.3. The molecule has 59 heavy (non-hydrogen) atoms. The van der Waals surface area contributed by atoms with Crippen LogP contribution in [-0.4, -0.2) is 123 Å². The number of hydrogen-bond donors (Lipinski definition) is 3. The first-order valence-electron chi connectivity index (χ1n) is 19.4. The number of nitrogens with one attached hydrogen (secondary N) is 3. The van der Waals surface area contributed by atoms with Crippen molar-refractivity contribution in [3.8, 4) is 28.4 Å². The van der Waals surface area contributed by atoms with Crippen LogP contribution in [0.15, 0.2) is 41.3 Å². The average molecular weight is 834 g/mol. The smallest absolute Gasteiger partial charge is 0.317 e. The van der Waals surface area contributed by atoms with Crippen molar-refractivity contribution in [2.45, 2.75) is 56.5 Å². The van der Waals surface area contributed by atoms with E-state index in [-0.39, 0.29) is 61.0 Å². The lowest BCUT2D eigenvalue weighted by atomic mass is 9.91. The maximum atomic E-state index is 13.3. The van der Waals surface area contributed by atoms with E-state index in [1.807, 2.05) is 17.0 Å². The summed E-state index contributed by atoms with van der Waals surface area (Å²) < 4.78 is 48.0. The number of fused-ring (bicyclic) bond motifs is 2. The number of aromatic nitrogens is 1. The number of carbonyl (C=O) groups is 5. The summed E-state index contributed by atoms with van der Waals surface area (Å²) in [5.41, 5.74) is 3.82. The summed E-state index contributed by atoms with van der Waals surface area (Å²) in [6.45, 7) is 1.96. The molecule has 18 nitrogen and oxygen atoms in total. The minimum absolute atomic E-state index is 0.0162. The Kier molecular flexibility index (Phi) is 11.8. The van der Waals surface area contributed by atoms with Gasteiger partial charge in [0.1, 0.15) is 28.5 Å². The lowest BCUT2D eigenvalue weighted by molar-refractivity contribution is -0.136. The van der Waals surface area contributed by atoms with E-state index in [0.717, 1.165) is 27.2 Å². The van der Waals surface area contributed by atoms with Crippen molar-refractivity contribution < 1.29 is 46.6 Å². The van der Waals surface area contributed by atoms with Gasteiger partial charge in [0.2, 0.25) is 21.8 Å². The van der Waals surface area contributed by atoms with Crippen molar-refractivity contribution in [3.05, 3.63) is 74.7 Å². The Hall–Kier alpha value is -5.79. The number of methoxy groups -OCH3 is 2. The molecule has 4 aliphatic heterocycles. The van der Waals surface area contributed by atoms with Crippen LogP contribution in [0.2, 0.25) is 0 Å². The van der Waals surface area contributed by atoms with Crippen LogP contribution < -0.4 is 35.1 Å². The predicted molar refractivity (Wildman–Crippen MR) is 213 cm³/mol. The molecule has 0 saturated carbocycles. The summed E-state index contributed by atoms with van der Waals surface area (Å²) in [6, 6.07) is 7.08. The first-order valence-corrected chi connectivity index (χ1v) is 20.9. The standard InChI is InChI=1S/C40H47N7O11S/c1-41-40(53)46-14-12-25-27(20-44(2)37(50)28(25)22-46)23-16-32(56-3)29(33(17-23)57-4)21-45-18-24(19-45)59(54,55)42-13-5-6-15-58-31-9-7-8-26-35(31)39(52)47(38(26)51)30-10-11-34(48)43-36(30)49/h7-9,16-17,20,24,30,42H,5-6,10-15,18-19,21-22H2,1-4H3,(H,41,53)(H,43,48,49). The first kappa shape index (κ1) is 41.4. The SMILES string of the molecule is CNC(=O)N1CCc2c(-c3cc(OC)c(CN4CC(S(=O)(=O)NCCCCOc5cccc6c5C(=O)N(C5CCC(=O)NC5=O)C6=O)C4)c(OC)c3)cn(C)c(=O)c2C1. The molecule has 2 aromatic carbocycles. The second kappa shape index (κ2) is 16.8. The number of carbonyl (C=O) groups excluding carboxylic acids is 5. The summed E-state index contributed by atoms with van der Waals surface area (Å²) in [5.74, 6) is -1.14. The van der Waals surface area contributed by atoms with E-state index in [1.54, 1.807) is 51.5 Å². The molecule has 0 bridgehead atoms. The van der Waals surface area contributed by atoms with Crippen LogP contribution in [-0.2, 0) is 46.2 Å². The van der Waals surface area contributed by atoms with E-state index in [2.05, 4.69) is 15.4 Å². The van der Waals surface area contributed by atoms with E-state index in [0.29, 0.717) is 62.5 Å². The third-order valence-electron chi connectivity index (χ3n) is 11.3. The largest absolute Gasteiger partial charge is 0.496 e. The number of nitrogens with zero attached hydrogens (tertiary/aromatic N) is 4. The van der Waals surface area contributed by atoms with Gasteiger partial charge in [-0.25, -0.2) is 17.9 Å². The number of pyridine rings is 1. The lowest BCUT2D eigenvalue weighted by Crippen LogP contribution is -2.57. The maximum absolute atomic E-state index is 13.3. The monoisotopic (exact) mass is 833 g/mol. The number of aryl methyl sites for hydroxylation is 1. The maximum Gasteiger partial charge on any atom is 0.317 e. The molecule has 3 aromatic rings. The molecule has 7 rings (SSSR count). The number of hydrogen-bond acceptors (Lipinski definition) is 12. The minimum atomic E-state index is -3.63. The van der Waals surface area contributed by atoms with Gasteiger partial charge in [0.05, 0.1) is 44.1 Å². The molecule has 2 saturated heterocycles. The molecular weight excluding hydrogens is 787 g/mol. The average Bonchev–Trinajstić information content (AvgIpc) is 3.46. The number of sulfonamides is 1. The fourth-order valence-corrected chi connectivity index (χ4v) is 9.57. The third kappa shape index (κ3) is 8.01. The van der Waals surface area contributed by atoms with E-state index in [9.17, 15) is 37.2 Å². The summed E-state index contributed by atoms with van der Waals surface area (Å²) >= 11 is 0. The molecule has 1 atom stereocenters. The van der Waals surface area contributed by atoms with Gasteiger partial charge in [0.15, 0.2) is 0 Å². The van der Waals surface area contributed by atoms with Crippen LogP contribution in [0.3, 0.4) is 0 Å². The van der Waals surface area contributed by atoms with E-state index in [4.69, 9.17) is 14.2 Å². The summed E-state index contributed by atoms with van der Waals surface area (Å²) in [6.07, 6.45) is 3.25. The van der Waals surface area contributed by atoms with Crippen molar-refractivity contribution in [1.29, 1.82) is 0 Å². The molecule has 314 valence electrons. The van der Waals surface area contributed by atoms with Crippen molar-refractivity contribution in [2.24, 2.45) is 7.05 Å². The van der Waals surface area contributed by atoms with Gasteiger partial charge in [-0.2, -0.15) is 0 Å². The topological polar surface area (TPSA) is 215 Å². The highest BCUT2D eigenvalue weighted by Gasteiger charge is 2.46. The number of rotatable bonds is 14. The van der Waals surface area contributed by atoms with Gasteiger partial charge < -0.3 is 29.0 Å². The minimum Gasteiger partial charge on any atom is -0.496 e.